The Morgan fingerprint density at radius 1 is 1.10 bits per heavy atom. The zero-order valence-electron chi connectivity index (χ0n) is 17.0. The zero-order valence-corrected chi connectivity index (χ0v) is 17.0. The molecule has 0 N–H and O–H groups in total. The maximum absolute atomic E-state index is 13.2. The zero-order chi connectivity index (χ0) is 20.8. The summed E-state index contributed by atoms with van der Waals surface area (Å²) in [5.41, 5.74) is 3.65. The molecule has 2 aromatic carbocycles. The highest BCUT2D eigenvalue weighted by Crippen LogP contribution is 2.36. The average Bonchev–Trinajstić information content (AvgIpc) is 3.23. The van der Waals surface area contributed by atoms with Crippen LogP contribution in [-0.4, -0.2) is 57.2 Å². The van der Waals surface area contributed by atoms with Crippen LogP contribution in [0.1, 0.15) is 37.9 Å². The molecule has 30 heavy (non-hydrogen) atoms. The third kappa shape index (κ3) is 3.11. The molecule has 1 atom stereocenters. The van der Waals surface area contributed by atoms with Gasteiger partial charge < -0.3 is 9.64 Å². The maximum atomic E-state index is 13.2. The fraction of sp³-hybridized carbons (Fsp3) is 0.304. The third-order valence-corrected chi connectivity index (χ3v) is 5.74. The Balaban J connectivity index is 1.35. The molecular formula is C23H22N4O3. The minimum atomic E-state index is -0.150. The van der Waals surface area contributed by atoms with E-state index in [9.17, 15) is 9.59 Å². The summed E-state index contributed by atoms with van der Waals surface area (Å²) in [6, 6.07) is 13.0. The van der Waals surface area contributed by atoms with E-state index in [1.807, 2.05) is 54.9 Å². The van der Waals surface area contributed by atoms with E-state index in [0.29, 0.717) is 42.9 Å². The molecule has 1 fully saturated rings. The lowest BCUT2D eigenvalue weighted by Crippen LogP contribution is -2.47. The van der Waals surface area contributed by atoms with E-state index in [-0.39, 0.29) is 17.8 Å². The largest absolute Gasteiger partial charge is 0.373 e. The smallest absolute Gasteiger partial charge is 0.254 e. The van der Waals surface area contributed by atoms with Crippen LogP contribution in [0.5, 0.6) is 0 Å². The van der Waals surface area contributed by atoms with E-state index >= 15 is 0 Å². The minimum absolute atomic E-state index is 0.0212. The van der Waals surface area contributed by atoms with Crippen LogP contribution in [0.3, 0.4) is 0 Å². The first-order valence-corrected chi connectivity index (χ1v) is 10.1. The fourth-order valence-corrected chi connectivity index (χ4v) is 4.29. The minimum Gasteiger partial charge on any atom is -0.373 e. The van der Waals surface area contributed by atoms with Gasteiger partial charge >= 0.3 is 0 Å². The van der Waals surface area contributed by atoms with E-state index in [1.165, 1.54) is 0 Å². The van der Waals surface area contributed by atoms with Gasteiger partial charge in [0.05, 0.1) is 19.3 Å². The molecule has 1 amide bonds. The van der Waals surface area contributed by atoms with Crippen molar-refractivity contribution in [3.05, 3.63) is 70.8 Å². The van der Waals surface area contributed by atoms with Gasteiger partial charge in [-0.25, -0.2) is 9.67 Å². The van der Waals surface area contributed by atoms with Gasteiger partial charge in [0.1, 0.15) is 11.6 Å². The number of hydrogen-bond acceptors (Lipinski definition) is 5. The molecule has 2 heterocycles. The van der Waals surface area contributed by atoms with E-state index in [4.69, 9.17) is 4.74 Å². The molecule has 0 saturated carbocycles. The first-order valence-electron chi connectivity index (χ1n) is 10.1. The SMILES string of the molecule is Cc1nc(C)n(CC2CN(C(=O)c3ccc4c(c3)C(=O)c3ccccc3-4)CCO2)n1. The summed E-state index contributed by atoms with van der Waals surface area (Å²) in [6.45, 7) is 5.78. The predicted octanol–water partition coefficient (Wildman–Crippen LogP) is 2.65. The van der Waals surface area contributed by atoms with Crippen LogP contribution < -0.4 is 0 Å². The topological polar surface area (TPSA) is 77.3 Å². The van der Waals surface area contributed by atoms with Crippen molar-refractivity contribution in [3.8, 4) is 11.1 Å². The van der Waals surface area contributed by atoms with Crippen LogP contribution in [0.4, 0.5) is 0 Å². The van der Waals surface area contributed by atoms with Crippen LogP contribution in [0.15, 0.2) is 42.5 Å². The van der Waals surface area contributed by atoms with Crippen LogP contribution in [0.25, 0.3) is 11.1 Å². The van der Waals surface area contributed by atoms with Gasteiger partial charge in [-0.05, 0) is 37.1 Å². The third-order valence-electron chi connectivity index (χ3n) is 5.74. The average molecular weight is 402 g/mol. The number of ether oxygens (including phenoxy) is 1. The summed E-state index contributed by atoms with van der Waals surface area (Å²) < 4.78 is 7.68. The number of hydrogen-bond donors (Lipinski definition) is 0. The van der Waals surface area contributed by atoms with E-state index in [2.05, 4.69) is 10.1 Å². The number of rotatable bonds is 3. The maximum Gasteiger partial charge on any atom is 0.254 e. The van der Waals surface area contributed by atoms with Crippen molar-refractivity contribution in [2.75, 3.05) is 19.7 Å². The first-order chi connectivity index (χ1) is 14.5. The van der Waals surface area contributed by atoms with Crippen molar-refractivity contribution >= 4 is 11.7 Å². The van der Waals surface area contributed by atoms with Crippen molar-refractivity contribution in [2.24, 2.45) is 0 Å². The lowest BCUT2D eigenvalue weighted by Gasteiger charge is -2.33. The number of aryl methyl sites for hydroxylation is 2. The predicted molar refractivity (Wildman–Crippen MR) is 110 cm³/mol. The van der Waals surface area contributed by atoms with Crippen LogP contribution in [0.2, 0.25) is 0 Å². The second-order valence-corrected chi connectivity index (χ2v) is 7.77. The summed E-state index contributed by atoms with van der Waals surface area (Å²) >= 11 is 0. The van der Waals surface area contributed by atoms with Gasteiger partial charge in [-0.3, -0.25) is 9.59 Å². The van der Waals surface area contributed by atoms with Crippen molar-refractivity contribution in [1.82, 2.24) is 19.7 Å². The molecule has 1 unspecified atom stereocenters. The second kappa shape index (κ2) is 7.18. The molecule has 0 spiro atoms. The summed E-state index contributed by atoms with van der Waals surface area (Å²) in [5, 5.41) is 4.38. The molecule has 1 saturated heterocycles. The van der Waals surface area contributed by atoms with Crippen molar-refractivity contribution in [1.29, 1.82) is 0 Å². The highest BCUT2D eigenvalue weighted by Gasteiger charge is 2.30. The summed E-state index contributed by atoms with van der Waals surface area (Å²) in [5.74, 6) is 1.45. The van der Waals surface area contributed by atoms with Crippen LogP contribution >= 0.6 is 0 Å². The number of benzene rings is 2. The molecule has 0 radical (unpaired) electrons. The van der Waals surface area contributed by atoms with Gasteiger partial charge in [0.15, 0.2) is 5.78 Å². The quantitative estimate of drug-likeness (QED) is 0.527. The number of ketones is 1. The highest BCUT2D eigenvalue weighted by molar-refractivity contribution is 6.22. The molecule has 1 aliphatic heterocycles. The van der Waals surface area contributed by atoms with Crippen molar-refractivity contribution in [2.45, 2.75) is 26.5 Å². The molecule has 1 aromatic heterocycles. The second-order valence-electron chi connectivity index (χ2n) is 7.77. The van der Waals surface area contributed by atoms with Gasteiger partial charge in [0, 0.05) is 29.8 Å². The Kier molecular flexibility index (Phi) is 4.47. The Bertz CT molecular complexity index is 1170. The molecule has 2 aliphatic rings. The molecule has 5 rings (SSSR count). The number of carbonyl (C=O) groups is 2. The first kappa shape index (κ1) is 18.7. The molecule has 7 heteroatoms. The Morgan fingerprint density at radius 2 is 1.87 bits per heavy atom. The number of morpholine rings is 1. The van der Waals surface area contributed by atoms with E-state index in [0.717, 1.165) is 22.8 Å². The Labute approximate surface area is 174 Å². The number of amides is 1. The normalized spacial score (nSPS) is 17.7. The summed E-state index contributed by atoms with van der Waals surface area (Å²) in [6.07, 6.45) is -0.150. The monoisotopic (exact) mass is 402 g/mol. The van der Waals surface area contributed by atoms with E-state index in [1.54, 1.807) is 11.0 Å². The van der Waals surface area contributed by atoms with Gasteiger partial charge in [0.25, 0.3) is 5.91 Å². The number of fused-ring (bicyclic) bond motifs is 3. The summed E-state index contributed by atoms with van der Waals surface area (Å²) in [4.78, 5) is 32.1. The van der Waals surface area contributed by atoms with Gasteiger partial charge in [0.2, 0.25) is 0 Å². The van der Waals surface area contributed by atoms with Gasteiger partial charge in [-0.2, -0.15) is 5.10 Å². The molecule has 3 aromatic rings. The molecule has 0 bridgehead atoms. The number of nitrogens with zero attached hydrogens (tertiary/aromatic N) is 4. The highest BCUT2D eigenvalue weighted by atomic mass is 16.5. The fourth-order valence-electron chi connectivity index (χ4n) is 4.29. The number of aromatic nitrogens is 3. The van der Waals surface area contributed by atoms with Crippen LogP contribution in [-0.2, 0) is 11.3 Å². The lowest BCUT2D eigenvalue weighted by atomic mass is 10.0. The molecular weight excluding hydrogens is 380 g/mol. The Hall–Kier alpha value is -3.32. The van der Waals surface area contributed by atoms with Gasteiger partial charge in [-0.1, -0.05) is 30.3 Å². The summed E-state index contributed by atoms with van der Waals surface area (Å²) in [7, 11) is 0. The molecule has 7 nitrogen and oxygen atoms in total. The lowest BCUT2D eigenvalue weighted by molar-refractivity contribution is -0.0303. The molecule has 152 valence electrons. The van der Waals surface area contributed by atoms with Crippen molar-refractivity contribution in [3.63, 3.8) is 0 Å². The van der Waals surface area contributed by atoms with Crippen LogP contribution in [0, 0.1) is 13.8 Å². The molecule has 1 aliphatic carbocycles. The van der Waals surface area contributed by atoms with Gasteiger partial charge in [-0.15, -0.1) is 0 Å². The Morgan fingerprint density at radius 3 is 2.63 bits per heavy atom. The number of carbonyl (C=O) groups excluding carboxylic acids is 2. The van der Waals surface area contributed by atoms with E-state index < -0.39 is 0 Å². The van der Waals surface area contributed by atoms with Crippen molar-refractivity contribution < 1.29 is 14.3 Å². The standard InChI is InChI=1S/C23H22N4O3/c1-14-24-15(2)27(25-14)13-17-12-26(9-10-30-17)23(29)16-7-8-19-18-5-3-4-6-20(18)22(28)21(19)11-16/h3-8,11,17H,9-10,12-13H2,1-2H3.